The first kappa shape index (κ1) is 54.1. The molecule has 7 rings (SSSR count). The van der Waals surface area contributed by atoms with Gasteiger partial charge in [-0.1, -0.05) is 18.2 Å². The van der Waals surface area contributed by atoms with Crippen LogP contribution in [0.3, 0.4) is 0 Å². The second-order valence-corrected chi connectivity index (χ2v) is 16.5. The fraction of sp³-hybridized carbons (Fsp3) is 0.480. The Kier molecular flexibility index (Phi) is 22.0. The van der Waals surface area contributed by atoms with Gasteiger partial charge >= 0.3 is 0 Å². The number of rotatable bonds is 36. The maximum atomic E-state index is 13.2. The Labute approximate surface area is 421 Å². The smallest absolute Gasteiger partial charge is 0.264 e. The molecule has 2 aromatic carbocycles. The molecule has 1 atom stereocenters. The van der Waals surface area contributed by atoms with E-state index in [2.05, 4.69) is 36.4 Å². The maximum absolute atomic E-state index is 13.2. The monoisotopic (exact) mass is 1010 g/mol. The van der Waals surface area contributed by atoms with Crippen molar-refractivity contribution >= 4 is 46.8 Å². The van der Waals surface area contributed by atoms with Gasteiger partial charge in [-0.15, -0.1) is 10.2 Å². The first-order valence-electron chi connectivity index (χ1n) is 24.4. The highest BCUT2D eigenvalue weighted by Crippen LogP contribution is 2.32. The van der Waals surface area contributed by atoms with Crippen molar-refractivity contribution < 1.29 is 66.3 Å². The van der Waals surface area contributed by atoms with E-state index in [-0.39, 0.29) is 29.9 Å². The summed E-state index contributed by atoms with van der Waals surface area (Å²) in [5.41, 5.74) is 3.75. The predicted octanol–water partition coefficient (Wildman–Crippen LogP) is 3.15. The van der Waals surface area contributed by atoms with E-state index in [9.17, 15) is 24.0 Å². The van der Waals surface area contributed by atoms with Gasteiger partial charge in [0, 0.05) is 49.1 Å². The lowest BCUT2D eigenvalue weighted by atomic mass is 10.0. The second kappa shape index (κ2) is 29.7. The number of imide groups is 2. The largest absolute Gasteiger partial charge is 0.467 e. The molecule has 23 heteroatoms. The molecule has 73 heavy (non-hydrogen) atoms. The summed E-state index contributed by atoms with van der Waals surface area (Å²) in [6.07, 6.45) is 6.71. The molecule has 5 amide bonds. The van der Waals surface area contributed by atoms with Crippen LogP contribution in [-0.2, 0) is 54.0 Å². The number of carbonyl (C=O) groups excluding carboxylic acids is 5. The number of furan rings is 1. The Bertz CT molecular complexity index is 2520. The normalized spacial score (nSPS) is 14.5. The highest BCUT2D eigenvalue weighted by Gasteiger charge is 2.45. The summed E-state index contributed by atoms with van der Waals surface area (Å²) in [5.74, 6) is -0.959. The van der Waals surface area contributed by atoms with Crippen LogP contribution in [0.2, 0.25) is 0 Å². The quantitative estimate of drug-likeness (QED) is 0.0332. The SMILES string of the molecule is O=C1CCC(N2C(=O)c3cccc(NCCOCCOCCOCCOCCOCCOCCOCCOCCCCNC(=O)c4ccc(-c5cnc(NCc6ccco6)n6cnnc56)cc4)c3C2=O)C(=O)N1. The predicted molar refractivity (Wildman–Crippen MR) is 262 cm³/mol. The number of fused-ring (bicyclic) bond motifs is 2. The summed E-state index contributed by atoms with van der Waals surface area (Å²) >= 11 is 0. The number of aromatic nitrogens is 4. The summed E-state index contributed by atoms with van der Waals surface area (Å²) in [7, 11) is 0. The van der Waals surface area contributed by atoms with Crippen LogP contribution < -0.4 is 21.3 Å². The number of nitrogens with zero attached hydrogens (tertiary/aromatic N) is 5. The van der Waals surface area contributed by atoms with Gasteiger partial charge in [0.25, 0.3) is 17.7 Å². The average Bonchev–Trinajstić information content (AvgIpc) is 4.17. The molecule has 0 radical (unpaired) electrons. The Balaban J connectivity index is 0.585. The number of unbranched alkanes of at least 4 members (excludes halogenated alkanes) is 1. The zero-order valence-corrected chi connectivity index (χ0v) is 40.7. The van der Waals surface area contributed by atoms with Crippen LogP contribution >= 0.6 is 0 Å². The highest BCUT2D eigenvalue weighted by molar-refractivity contribution is 6.25. The molecule has 0 saturated carbocycles. The van der Waals surface area contributed by atoms with Crippen molar-refractivity contribution in [2.45, 2.75) is 38.3 Å². The van der Waals surface area contributed by atoms with E-state index >= 15 is 0 Å². The fourth-order valence-corrected chi connectivity index (χ4v) is 7.73. The van der Waals surface area contributed by atoms with Crippen LogP contribution in [0.4, 0.5) is 11.6 Å². The molecule has 1 saturated heterocycles. The van der Waals surface area contributed by atoms with Gasteiger partial charge in [0.1, 0.15) is 18.1 Å². The first-order valence-corrected chi connectivity index (χ1v) is 24.4. The van der Waals surface area contributed by atoms with Gasteiger partial charge in [0.15, 0.2) is 5.65 Å². The molecule has 1 unspecified atom stereocenters. The molecule has 0 aliphatic carbocycles. The van der Waals surface area contributed by atoms with Gasteiger partial charge in [0.05, 0.1) is 123 Å². The lowest BCUT2D eigenvalue weighted by Crippen LogP contribution is -2.54. The topological polar surface area (TPSA) is 267 Å². The number of hydrogen-bond acceptors (Lipinski definition) is 19. The number of hydrogen-bond donors (Lipinski definition) is 4. The molecule has 3 aromatic heterocycles. The third-order valence-corrected chi connectivity index (χ3v) is 11.4. The van der Waals surface area contributed by atoms with Crippen molar-refractivity contribution in [2.75, 3.05) is 129 Å². The average molecular weight is 1010 g/mol. The Morgan fingerprint density at radius 3 is 1.92 bits per heavy atom. The zero-order chi connectivity index (χ0) is 50.9. The molecule has 392 valence electrons. The van der Waals surface area contributed by atoms with Gasteiger partial charge in [-0.2, -0.15) is 0 Å². The molecular weight excluding hydrogens is 951 g/mol. The first-order chi connectivity index (χ1) is 35.9. The zero-order valence-electron chi connectivity index (χ0n) is 40.7. The highest BCUT2D eigenvalue weighted by atomic mass is 16.6. The van der Waals surface area contributed by atoms with E-state index in [1.54, 1.807) is 53.5 Å². The summed E-state index contributed by atoms with van der Waals surface area (Å²) in [6, 6.07) is 14.9. The Hall–Kier alpha value is -6.70. The number of anilines is 2. The molecule has 1 fully saturated rings. The number of ether oxygens (including phenoxy) is 8. The number of carbonyl (C=O) groups is 5. The van der Waals surface area contributed by atoms with E-state index in [0.29, 0.717) is 148 Å². The molecule has 0 bridgehead atoms. The molecular formula is C50H63N9O14. The van der Waals surface area contributed by atoms with Crippen molar-refractivity contribution in [2.24, 2.45) is 0 Å². The van der Waals surface area contributed by atoms with Gasteiger partial charge < -0.3 is 58.3 Å². The molecule has 23 nitrogen and oxygen atoms in total. The van der Waals surface area contributed by atoms with Crippen molar-refractivity contribution in [3.05, 3.63) is 95.8 Å². The van der Waals surface area contributed by atoms with Crippen molar-refractivity contribution in [1.82, 2.24) is 35.1 Å². The number of benzene rings is 2. The summed E-state index contributed by atoms with van der Waals surface area (Å²) in [4.78, 5) is 68.3. The molecule has 2 aliphatic heterocycles. The third-order valence-electron chi connectivity index (χ3n) is 11.4. The summed E-state index contributed by atoms with van der Waals surface area (Å²) < 4.78 is 51.7. The van der Waals surface area contributed by atoms with E-state index in [1.807, 2.05) is 24.3 Å². The molecule has 0 spiro atoms. The number of piperidine rings is 1. The Morgan fingerprint density at radius 2 is 1.30 bits per heavy atom. The molecule has 4 N–H and O–H groups in total. The fourth-order valence-electron chi connectivity index (χ4n) is 7.73. The second-order valence-electron chi connectivity index (χ2n) is 16.5. The van der Waals surface area contributed by atoms with Crippen LogP contribution in [-0.4, -0.2) is 179 Å². The summed E-state index contributed by atoms with van der Waals surface area (Å²) in [5, 5.41) is 19.9. The minimum Gasteiger partial charge on any atom is -0.467 e. The maximum Gasteiger partial charge on any atom is 0.264 e. The van der Waals surface area contributed by atoms with E-state index < -0.39 is 29.7 Å². The number of amides is 5. The van der Waals surface area contributed by atoms with Crippen LogP contribution in [0.1, 0.15) is 62.5 Å². The van der Waals surface area contributed by atoms with Gasteiger partial charge in [-0.3, -0.25) is 38.6 Å². The lowest BCUT2D eigenvalue weighted by molar-refractivity contribution is -0.136. The van der Waals surface area contributed by atoms with Crippen molar-refractivity contribution in [3.63, 3.8) is 0 Å². The molecule has 2 aliphatic rings. The minimum atomic E-state index is -1.02. The third kappa shape index (κ3) is 16.4. The Morgan fingerprint density at radius 1 is 0.671 bits per heavy atom. The summed E-state index contributed by atoms with van der Waals surface area (Å²) in [6.45, 7) is 8.37. The van der Waals surface area contributed by atoms with E-state index in [0.717, 1.165) is 34.6 Å². The van der Waals surface area contributed by atoms with Crippen molar-refractivity contribution in [1.29, 1.82) is 0 Å². The van der Waals surface area contributed by atoms with E-state index in [1.165, 1.54) is 0 Å². The van der Waals surface area contributed by atoms with Gasteiger partial charge in [-0.25, -0.2) is 4.98 Å². The van der Waals surface area contributed by atoms with Crippen molar-refractivity contribution in [3.8, 4) is 11.1 Å². The standard InChI is InChI=1S/C50H63N9O14/c60-43-13-12-42(47(62)56-43)59-48(63)39-6-3-7-41(44(39)49(59)64)51-15-18-66-20-22-68-24-26-70-28-30-72-32-31-71-29-27-69-25-23-67-21-19-65-16-2-1-14-52-46(61)37-10-8-36(9-11-37)40-34-54-50(58-35-55-57-45(40)58)53-33-38-5-4-17-73-38/h3-11,17,34-35,42,51H,1-2,12-16,18-33H2,(H,52,61)(H,53,54)(H,56,60,62). The molecule has 5 heterocycles. The lowest BCUT2D eigenvalue weighted by Gasteiger charge is -2.27. The van der Waals surface area contributed by atoms with Crippen LogP contribution in [0.25, 0.3) is 16.8 Å². The van der Waals surface area contributed by atoms with Gasteiger partial charge in [0.2, 0.25) is 17.8 Å². The molecule has 5 aromatic rings. The number of nitrogens with one attached hydrogen (secondary N) is 4. The van der Waals surface area contributed by atoms with Crippen LogP contribution in [0.15, 0.2) is 77.8 Å². The van der Waals surface area contributed by atoms with Gasteiger partial charge in [-0.05, 0) is 61.2 Å². The van der Waals surface area contributed by atoms with Crippen LogP contribution in [0.5, 0.6) is 0 Å². The minimum absolute atomic E-state index is 0.0593. The van der Waals surface area contributed by atoms with Crippen LogP contribution in [0, 0.1) is 0 Å². The van der Waals surface area contributed by atoms with E-state index in [4.69, 9.17) is 42.3 Å².